The molecule has 0 aliphatic heterocycles. The summed E-state index contributed by atoms with van der Waals surface area (Å²) < 4.78 is 32.1. The molecule has 108 valence electrons. The van der Waals surface area contributed by atoms with Gasteiger partial charge in [0, 0.05) is 16.0 Å². The van der Waals surface area contributed by atoms with Crippen molar-refractivity contribution >= 4 is 22.6 Å². The van der Waals surface area contributed by atoms with E-state index in [-0.39, 0.29) is 10.8 Å². The second kappa shape index (κ2) is 5.13. The Hall–Kier alpha value is -1.91. The summed E-state index contributed by atoms with van der Waals surface area (Å²) in [4.78, 5) is 0. The lowest BCUT2D eigenvalue weighted by atomic mass is 10.0. The van der Waals surface area contributed by atoms with Crippen molar-refractivity contribution in [2.45, 2.75) is 13.0 Å². The smallest absolute Gasteiger partial charge is 0.134 e. The molecule has 0 radical (unpaired) electrons. The SMILES string of the molecule is Cc1c(C(N)c2ccc(F)cc2Cl)oc2ccc(F)cc12. The number of nitrogens with two attached hydrogens (primary N) is 1. The standard InChI is InChI=1S/C16H12ClF2NO/c1-8-12-6-9(18)3-5-14(12)21-16(8)15(20)11-4-2-10(19)7-13(11)17/h2-7,15H,20H2,1H3. The summed E-state index contributed by atoms with van der Waals surface area (Å²) in [7, 11) is 0. The van der Waals surface area contributed by atoms with Gasteiger partial charge in [0.25, 0.3) is 0 Å². The van der Waals surface area contributed by atoms with Gasteiger partial charge in [-0.3, -0.25) is 0 Å². The molecule has 0 spiro atoms. The first-order valence-electron chi connectivity index (χ1n) is 6.36. The minimum absolute atomic E-state index is 0.230. The number of halogens is 3. The zero-order valence-corrected chi connectivity index (χ0v) is 11.9. The van der Waals surface area contributed by atoms with Crippen LogP contribution in [0.4, 0.5) is 8.78 Å². The number of benzene rings is 2. The third kappa shape index (κ3) is 2.41. The second-order valence-electron chi connectivity index (χ2n) is 4.88. The van der Waals surface area contributed by atoms with Crippen LogP contribution in [0.25, 0.3) is 11.0 Å². The van der Waals surface area contributed by atoms with Gasteiger partial charge in [-0.2, -0.15) is 0 Å². The van der Waals surface area contributed by atoms with Gasteiger partial charge in [0.15, 0.2) is 0 Å². The Morgan fingerprint density at radius 2 is 1.76 bits per heavy atom. The Morgan fingerprint density at radius 3 is 2.48 bits per heavy atom. The molecule has 3 rings (SSSR count). The molecule has 0 saturated carbocycles. The number of furan rings is 1. The van der Waals surface area contributed by atoms with Crippen LogP contribution in [0.1, 0.15) is 22.9 Å². The van der Waals surface area contributed by atoms with E-state index < -0.39 is 11.9 Å². The Balaban J connectivity index is 2.13. The van der Waals surface area contributed by atoms with Gasteiger partial charge >= 0.3 is 0 Å². The molecule has 0 fully saturated rings. The molecular weight excluding hydrogens is 296 g/mol. The Morgan fingerprint density at radius 1 is 1.10 bits per heavy atom. The fourth-order valence-corrected chi connectivity index (χ4v) is 2.69. The van der Waals surface area contributed by atoms with E-state index in [1.807, 2.05) is 0 Å². The molecule has 0 saturated heterocycles. The third-order valence-electron chi connectivity index (χ3n) is 3.52. The summed E-state index contributed by atoms with van der Waals surface area (Å²) in [5.41, 5.74) is 8.03. The van der Waals surface area contributed by atoms with E-state index in [0.717, 1.165) is 5.56 Å². The fourth-order valence-electron chi connectivity index (χ4n) is 2.40. The second-order valence-corrected chi connectivity index (χ2v) is 5.28. The van der Waals surface area contributed by atoms with E-state index in [2.05, 4.69) is 0 Å². The van der Waals surface area contributed by atoms with Crippen molar-refractivity contribution in [2.24, 2.45) is 5.73 Å². The van der Waals surface area contributed by atoms with Crippen LogP contribution >= 0.6 is 11.6 Å². The van der Waals surface area contributed by atoms with Crippen molar-refractivity contribution in [3.8, 4) is 0 Å². The zero-order valence-electron chi connectivity index (χ0n) is 11.2. The molecule has 1 aromatic heterocycles. The van der Waals surface area contributed by atoms with Gasteiger partial charge < -0.3 is 10.2 Å². The van der Waals surface area contributed by atoms with Crippen molar-refractivity contribution in [3.63, 3.8) is 0 Å². The Labute approximate surface area is 125 Å². The van der Waals surface area contributed by atoms with Crippen LogP contribution in [0.5, 0.6) is 0 Å². The molecule has 2 aromatic carbocycles. The molecule has 0 amide bonds. The van der Waals surface area contributed by atoms with Gasteiger partial charge in [-0.05, 0) is 42.8 Å². The molecule has 3 aromatic rings. The van der Waals surface area contributed by atoms with Gasteiger partial charge in [-0.25, -0.2) is 8.78 Å². The van der Waals surface area contributed by atoms with Crippen molar-refractivity contribution in [2.75, 3.05) is 0 Å². The molecule has 1 heterocycles. The monoisotopic (exact) mass is 307 g/mol. The lowest BCUT2D eigenvalue weighted by Crippen LogP contribution is -2.12. The molecule has 1 unspecified atom stereocenters. The van der Waals surface area contributed by atoms with Crippen LogP contribution in [0.3, 0.4) is 0 Å². The molecule has 1 atom stereocenters. The summed E-state index contributed by atoms with van der Waals surface area (Å²) in [5, 5.41) is 0.896. The van der Waals surface area contributed by atoms with E-state index in [1.165, 1.54) is 30.3 Å². The highest BCUT2D eigenvalue weighted by molar-refractivity contribution is 6.31. The summed E-state index contributed by atoms with van der Waals surface area (Å²) in [6.07, 6.45) is 0. The van der Waals surface area contributed by atoms with E-state index in [9.17, 15) is 8.78 Å². The Bertz CT molecular complexity index is 829. The largest absolute Gasteiger partial charge is 0.459 e. The molecule has 21 heavy (non-hydrogen) atoms. The first-order valence-corrected chi connectivity index (χ1v) is 6.74. The van der Waals surface area contributed by atoms with Gasteiger partial charge in [0.05, 0.1) is 6.04 Å². The van der Waals surface area contributed by atoms with Crippen LogP contribution < -0.4 is 5.73 Å². The molecular formula is C16H12ClF2NO. The van der Waals surface area contributed by atoms with Gasteiger partial charge in [-0.1, -0.05) is 17.7 Å². The molecule has 0 aliphatic rings. The average Bonchev–Trinajstić information content (AvgIpc) is 2.75. The number of aryl methyl sites for hydroxylation is 1. The third-order valence-corrected chi connectivity index (χ3v) is 3.84. The number of rotatable bonds is 2. The van der Waals surface area contributed by atoms with Crippen molar-refractivity contribution in [3.05, 3.63) is 69.9 Å². The summed E-state index contributed by atoms with van der Waals surface area (Å²) in [6.45, 7) is 1.80. The number of hydrogen-bond acceptors (Lipinski definition) is 2. The Kier molecular flexibility index (Phi) is 3.43. The lowest BCUT2D eigenvalue weighted by molar-refractivity contribution is 0.520. The van der Waals surface area contributed by atoms with E-state index in [1.54, 1.807) is 13.0 Å². The minimum atomic E-state index is -0.645. The van der Waals surface area contributed by atoms with Gasteiger partial charge in [0.2, 0.25) is 0 Å². The first kappa shape index (κ1) is 14.0. The number of hydrogen-bond donors (Lipinski definition) is 1. The lowest BCUT2D eigenvalue weighted by Gasteiger charge is -2.12. The maximum Gasteiger partial charge on any atom is 0.134 e. The predicted molar refractivity (Wildman–Crippen MR) is 78.3 cm³/mol. The maximum absolute atomic E-state index is 13.3. The maximum atomic E-state index is 13.3. The van der Waals surface area contributed by atoms with Gasteiger partial charge in [0.1, 0.15) is 23.0 Å². The molecule has 0 bridgehead atoms. The molecule has 0 aliphatic carbocycles. The van der Waals surface area contributed by atoms with Crippen LogP contribution in [-0.4, -0.2) is 0 Å². The van der Waals surface area contributed by atoms with Crippen LogP contribution in [0.15, 0.2) is 40.8 Å². The highest BCUT2D eigenvalue weighted by atomic mass is 35.5. The normalized spacial score (nSPS) is 12.8. The van der Waals surface area contributed by atoms with E-state index in [0.29, 0.717) is 22.3 Å². The summed E-state index contributed by atoms with van der Waals surface area (Å²) >= 11 is 6.03. The van der Waals surface area contributed by atoms with Crippen molar-refractivity contribution in [1.29, 1.82) is 0 Å². The summed E-state index contributed by atoms with van der Waals surface area (Å²) in [6, 6.07) is 7.65. The van der Waals surface area contributed by atoms with E-state index in [4.69, 9.17) is 21.8 Å². The topological polar surface area (TPSA) is 39.2 Å². The fraction of sp³-hybridized carbons (Fsp3) is 0.125. The predicted octanol–water partition coefficient (Wildman–Crippen LogP) is 4.72. The van der Waals surface area contributed by atoms with Crippen molar-refractivity contribution in [1.82, 2.24) is 0 Å². The molecule has 5 heteroatoms. The quantitative estimate of drug-likeness (QED) is 0.744. The molecule has 2 nitrogen and oxygen atoms in total. The zero-order chi connectivity index (χ0) is 15.1. The minimum Gasteiger partial charge on any atom is -0.459 e. The molecule has 2 N–H and O–H groups in total. The van der Waals surface area contributed by atoms with Crippen LogP contribution in [-0.2, 0) is 0 Å². The van der Waals surface area contributed by atoms with Gasteiger partial charge in [-0.15, -0.1) is 0 Å². The highest BCUT2D eigenvalue weighted by Gasteiger charge is 2.21. The first-order chi connectivity index (χ1) is 9.97. The number of fused-ring (bicyclic) bond motifs is 1. The highest BCUT2D eigenvalue weighted by Crippen LogP contribution is 2.34. The van der Waals surface area contributed by atoms with E-state index >= 15 is 0 Å². The van der Waals surface area contributed by atoms with Crippen molar-refractivity contribution < 1.29 is 13.2 Å². The van der Waals surface area contributed by atoms with Crippen LogP contribution in [0, 0.1) is 18.6 Å². The summed E-state index contributed by atoms with van der Waals surface area (Å²) in [5.74, 6) is -0.283. The average molecular weight is 308 g/mol. The van der Waals surface area contributed by atoms with Crippen LogP contribution in [0.2, 0.25) is 5.02 Å².